The Morgan fingerprint density at radius 3 is 2.20 bits per heavy atom. The lowest BCUT2D eigenvalue weighted by Gasteiger charge is -2.06. The summed E-state index contributed by atoms with van der Waals surface area (Å²) in [5.41, 5.74) is 0. The third-order valence-corrected chi connectivity index (χ3v) is 1.34. The second kappa shape index (κ2) is 4.11. The number of hydrogen-bond donors (Lipinski definition) is 1. The predicted octanol–water partition coefficient (Wildman–Crippen LogP) is 3.04. The van der Waals surface area contributed by atoms with E-state index < -0.39 is 12.6 Å². The molecule has 1 atom stereocenters. The van der Waals surface area contributed by atoms with Crippen LogP contribution in [0.4, 0.5) is 13.2 Å². The van der Waals surface area contributed by atoms with Gasteiger partial charge in [-0.25, -0.2) is 0 Å². The Bertz CT molecular complexity index is 87.5. The highest BCUT2D eigenvalue weighted by atomic mass is 32.1. The van der Waals surface area contributed by atoms with Crippen molar-refractivity contribution in [1.29, 1.82) is 0 Å². The topological polar surface area (TPSA) is 0 Å². The van der Waals surface area contributed by atoms with Gasteiger partial charge in [-0.1, -0.05) is 6.92 Å². The monoisotopic (exact) mass is 172 g/mol. The maximum atomic E-state index is 11.5. The predicted molar refractivity (Wildman–Crippen MR) is 38.4 cm³/mol. The van der Waals surface area contributed by atoms with E-state index in [2.05, 4.69) is 12.6 Å². The molecule has 0 bridgehead atoms. The van der Waals surface area contributed by atoms with Gasteiger partial charge in [0.1, 0.15) is 0 Å². The van der Waals surface area contributed by atoms with Crippen molar-refractivity contribution in [2.24, 2.45) is 0 Å². The van der Waals surface area contributed by atoms with E-state index in [4.69, 9.17) is 0 Å². The number of rotatable bonds is 3. The van der Waals surface area contributed by atoms with Gasteiger partial charge in [-0.15, -0.1) is 0 Å². The number of alkyl halides is 3. The van der Waals surface area contributed by atoms with Crippen molar-refractivity contribution in [2.75, 3.05) is 0 Å². The Hall–Kier alpha value is 0.140. The van der Waals surface area contributed by atoms with Gasteiger partial charge in [0.2, 0.25) is 0 Å². The van der Waals surface area contributed by atoms with E-state index in [1.54, 1.807) is 6.92 Å². The van der Waals surface area contributed by atoms with Gasteiger partial charge in [0.05, 0.1) is 0 Å². The zero-order valence-electron chi connectivity index (χ0n) is 5.78. The average Bonchev–Trinajstić information content (AvgIpc) is 1.59. The first-order valence-corrected chi connectivity index (χ1v) is 3.68. The van der Waals surface area contributed by atoms with Gasteiger partial charge >= 0.3 is 6.18 Å². The molecule has 0 N–H and O–H groups in total. The van der Waals surface area contributed by atoms with Gasteiger partial charge in [-0.05, 0) is 18.1 Å². The Morgan fingerprint density at radius 1 is 1.40 bits per heavy atom. The normalized spacial score (nSPS) is 15.3. The van der Waals surface area contributed by atoms with Crippen LogP contribution in [0.15, 0.2) is 0 Å². The quantitative estimate of drug-likeness (QED) is 0.621. The van der Waals surface area contributed by atoms with E-state index in [-0.39, 0.29) is 11.7 Å². The SMILES string of the molecule is CC(S)CCCC(F)(F)F. The summed E-state index contributed by atoms with van der Waals surface area (Å²) < 4.78 is 34.4. The molecule has 0 saturated heterocycles. The van der Waals surface area contributed by atoms with Crippen molar-refractivity contribution in [3.63, 3.8) is 0 Å². The zero-order chi connectivity index (χ0) is 8.20. The van der Waals surface area contributed by atoms with Crippen molar-refractivity contribution in [2.45, 2.75) is 37.6 Å². The van der Waals surface area contributed by atoms with Gasteiger partial charge in [0.25, 0.3) is 0 Å². The fourth-order valence-electron chi connectivity index (χ4n) is 0.598. The molecule has 0 nitrogen and oxygen atoms in total. The maximum absolute atomic E-state index is 11.5. The van der Waals surface area contributed by atoms with Crippen LogP contribution in [0.25, 0.3) is 0 Å². The molecule has 0 amide bonds. The minimum absolute atomic E-state index is 0.0716. The summed E-state index contributed by atoms with van der Waals surface area (Å²) in [5, 5.41) is 0.0716. The first-order chi connectivity index (χ1) is 4.42. The fourth-order valence-corrected chi connectivity index (χ4v) is 0.780. The molecule has 10 heavy (non-hydrogen) atoms. The van der Waals surface area contributed by atoms with E-state index >= 15 is 0 Å². The van der Waals surface area contributed by atoms with Crippen LogP contribution in [0.2, 0.25) is 0 Å². The minimum atomic E-state index is -4.00. The van der Waals surface area contributed by atoms with Crippen molar-refractivity contribution in [1.82, 2.24) is 0 Å². The van der Waals surface area contributed by atoms with E-state index in [9.17, 15) is 13.2 Å². The van der Waals surface area contributed by atoms with Gasteiger partial charge in [0, 0.05) is 6.42 Å². The zero-order valence-corrected chi connectivity index (χ0v) is 6.67. The lowest BCUT2D eigenvalue weighted by molar-refractivity contribution is -0.135. The summed E-state index contributed by atoms with van der Waals surface area (Å²) in [5.74, 6) is 0. The summed E-state index contributed by atoms with van der Waals surface area (Å²) >= 11 is 3.96. The molecule has 0 aliphatic rings. The largest absolute Gasteiger partial charge is 0.389 e. The first-order valence-electron chi connectivity index (χ1n) is 3.16. The van der Waals surface area contributed by atoms with E-state index in [0.717, 1.165) is 0 Å². The molecular formula is C6H11F3S. The summed E-state index contributed by atoms with van der Waals surface area (Å²) in [6, 6.07) is 0. The van der Waals surface area contributed by atoms with E-state index in [1.165, 1.54) is 0 Å². The van der Waals surface area contributed by atoms with Crippen LogP contribution < -0.4 is 0 Å². The third kappa shape index (κ3) is 8.14. The molecule has 62 valence electrons. The van der Waals surface area contributed by atoms with Crippen molar-refractivity contribution < 1.29 is 13.2 Å². The number of thiol groups is 1. The Labute approximate surface area is 64.2 Å². The molecule has 0 aromatic carbocycles. The molecule has 4 heteroatoms. The minimum Gasteiger partial charge on any atom is -0.176 e. The third-order valence-electron chi connectivity index (χ3n) is 1.08. The highest BCUT2D eigenvalue weighted by molar-refractivity contribution is 7.80. The molecule has 0 aromatic heterocycles. The van der Waals surface area contributed by atoms with Crippen LogP contribution in [-0.4, -0.2) is 11.4 Å². The molecule has 0 aromatic rings. The molecular weight excluding hydrogens is 161 g/mol. The molecule has 0 fully saturated rings. The summed E-state index contributed by atoms with van der Waals surface area (Å²) in [6.45, 7) is 1.79. The molecule has 0 radical (unpaired) electrons. The van der Waals surface area contributed by atoms with Crippen molar-refractivity contribution in [3.05, 3.63) is 0 Å². The van der Waals surface area contributed by atoms with Crippen molar-refractivity contribution in [3.8, 4) is 0 Å². The van der Waals surface area contributed by atoms with E-state index in [0.29, 0.717) is 6.42 Å². The lowest BCUT2D eigenvalue weighted by atomic mass is 10.2. The van der Waals surface area contributed by atoms with Gasteiger partial charge in [0.15, 0.2) is 0 Å². The average molecular weight is 172 g/mol. The van der Waals surface area contributed by atoms with Crippen LogP contribution in [-0.2, 0) is 0 Å². The fraction of sp³-hybridized carbons (Fsp3) is 1.00. The second-order valence-corrected chi connectivity index (χ2v) is 3.24. The van der Waals surface area contributed by atoms with Crippen LogP contribution in [0.3, 0.4) is 0 Å². The molecule has 0 spiro atoms. The standard InChI is InChI=1S/C6H11F3S/c1-5(10)3-2-4-6(7,8)9/h5,10H,2-4H2,1H3. The van der Waals surface area contributed by atoms with Gasteiger partial charge in [-0.2, -0.15) is 25.8 Å². The molecule has 0 rings (SSSR count). The van der Waals surface area contributed by atoms with E-state index in [1.807, 2.05) is 0 Å². The van der Waals surface area contributed by atoms with Crippen LogP contribution in [0.1, 0.15) is 26.2 Å². The Balaban J connectivity index is 3.21. The smallest absolute Gasteiger partial charge is 0.176 e. The molecule has 0 aliphatic heterocycles. The molecule has 1 unspecified atom stereocenters. The maximum Gasteiger partial charge on any atom is 0.389 e. The Morgan fingerprint density at radius 2 is 1.90 bits per heavy atom. The van der Waals surface area contributed by atoms with Crippen molar-refractivity contribution >= 4 is 12.6 Å². The molecule has 0 heterocycles. The number of halogens is 3. The van der Waals surface area contributed by atoms with Gasteiger partial charge < -0.3 is 0 Å². The molecule has 0 saturated carbocycles. The highest BCUT2D eigenvalue weighted by Gasteiger charge is 2.25. The lowest BCUT2D eigenvalue weighted by Crippen LogP contribution is -2.07. The summed E-state index contributed by atoms with van der Waals surface area (Å²) in [7, 11) is 0. The molecule has 0 aliphatic carbocycles. The van der Waals surface area contributed by atoms with Crippen LogP contribution in [0, 0.1) is 0 Å². The van der Waals surface area contributed by atoms with Gasteiger partial charge in [-0.3, -0.25) is 0 Å². The number of hydrogen-bond acceptors (Lipinski definition) is 1. The summed E-state index contributed by atoms with van der Waals surface area (Å²) in [4.78, 5) is 0. The highest BCUT2D eigenvalue weighted by Crippen LogP contribution is 2.23. The Kier molecular flexibility index (Phi) is 4.17. The van der Waals surface area contributed by atoms with Crippen LogP contribution >= 0.6 is 12.6 Å². The van der Waals surface area contributed by atoms with Crippen LogP contribution in [0.5, 0.6) is 0 Å². The summed E-state index contributed by atoms with van der Waals surface area (Å²) in [6.07, 6.45) is -3.96. The first kappa shape index (κ1) is 10.1. The second-order valence-electron chi connectivity index (χ2n) is 2.36.